The summed E-state index contributed by atoms with van der Waals surface area (Å²) in [4.78, 5) is 0. The Kier molecular flexibility index (Phi) is 5.32. The maximum atomic E-state index is 14.1. The average molecular weight is 398 g/mol. The lowest BCUT2D eigenvalue weighted by molar-refractivity contribution is 0.580. The van der Waals surface area contributed by atoms with E-state index in [1.807, 2.05) is 0 Å². The molecule has 0 saturated heterocycles. The van der Waals surface area contributed by atoms with Crippen LogP contribution in [-0.2, 0) is 6.42 Å². The van der Waals surface area contributed by atoms with Crippen molar-refractivity contribution in [1.82, 2.24) is 0 Å². The fourth-order valence-corrected chi connectivity index (χ4v) is 2.91. The van der Waals surface area contributed by atoms with Crippen molar-refractivity contribution >= 4 is 50.7 Å². The fraction of sp³-hybridized carbons (Fsp3) is 0.143. The van der Waals surface area contributed by atoms with Crippen LogP contribution in [0.2, 0.25) is 15.1 Å². The number of halogens is 5. The Labute approximate surface area is 140 Å². The SMILES string of the molecule is NC(Cc1c(Cl)cccc1Cl)c1ccc(Br)c(Cl)c1F. The third-order valence-electron chi connectivity index (χ3n) is 2.95. The third kappa shape index (κ3) is 3.29. The predicted octanol–water partition coefficient (Wildman–Crippen LogP) is 5.79. The molecule has 2 aromatic rings. The van der Waals surface area contributed by atoms with Crippen LogP contribution in [0.3, 0.4) is 0 Å². The van der Waals surface area contributed by atoms with E-state index in [4.69, 9.17) is 40.5 Å². The van der Waals surface area contributed by atoms with Gasteiger partial charge < -0.3 is 5.73 Å². The van der Waals surface area contributed by atoms with Gasteiger partial charge in [-0.1, -0.05) is 46.9 Å². The highest BCUT2D eigenvalue weighted by Crippen LogP contribution is 2.33. The zero-order valence-corrected chi connectivity index (χ0v) is 14.0. The molecule has 0 aromatic heterocycles. The molecule has 2 N–H and O–H groups in total. The maximum Gasteiger partial charge on any atom is 0.147 e. The topological polar surface area (TPSA) is 26.0 Å². The minimum atomic E-state index is -0.585. The van der Waals surface area contributed by atoms with Gasteiger partial charge in [-0.2, -0.15) is 0 Å². The molecule has 2 aromatic carbocycles. The van der Waals surface area contributed by atoms with Gasteiger partial charge in [-0.15, -0.1) is 0 Å². The molecule has 2 rings (SSSR count). The molecule has 0 saturated carbocycles. The summed E-state index contributed by atoms with van der Waals surface area (Å²) in [5, 5.41) is 1.04. The van der Waals surface area contributed by atoms with E-state index in [1.54, 1.807) is 30.3 Å². The molecule has 0 aliphatic carbocycles. The molecule has 1 nitrogen and oxygen atoms in total. The molecule has 0 heterocycles. The van der Waals surface area contributed by atoms with Crippen molar-refractivity contribution in [2.24, 2.45) is 5.73 Å². The minimum absolute atomic E-state index is 0.0169. The van der Waals surface area contributed by atoms with E-state index >= 15 is 0 Å². The second-order valence-electron chi connectivity index (χ2n) is 4.28. The summed E-state index contributed by atoms with van der Waals surface area (Å²) in [7, 11) is 0. The second kappa shape index (κ2) is 6.63. The van der Waals surface area contributed by atoms with Crippen molar-refractivity contribution in [3.8, 4) is 0 Å². The van der Waals surface area contributed by atoms with E-state index in [0.29, 0.717) is 32.1 Å². The van der Waals surface area contributed by atoms with Gasteiger partial charge in [0.25, 0.3) is 0 Å². The summed E-state index contributed by atoms with van der Waals surface area (Å²) >= 11 is 21.2. The van der Waals surface area contributed by atoms with Crippen LogP contribution in [0.1, 0.15) is 17.2 Å². The first-order chi connectivity index (χ1) is 9.41. The van der Waals surface area contributed by atoms with Crippen molar-refractivity contribution < 1.29 is 4.39 Å². The number of hydrogen-bond donors (Lipinski definition) is 1. The van der Waals surface area contributed by atoms with E-state index in [-0.39, 0.29) is 5.02 Å². The van der Waals surface area contributed by atoms with Crippen LogP contribution in [0, 0.1) is 5.82 Å². The standard InChI is InChI=1S/C14H10BrCl3FN/c15-9-5-4-7(14(19)13(9)18)12(20)6-8-10(16)2-1-3-11(8)17/h1-5,12H,6,20H2. The van der Waals surface area contributed by atoms with Crippen LogP contribution in [0.15, 0.2) is 34.8 Å². The zero-order valence-electron chi connectivity index (χ0n) is 10.1. The normalized spacial score (nSPS) is 12.5. The smallest absolute Gasteiger partial charge is 0.147 e. The summed E-state index contributed by atoms with van der Waals surface area (Å²) in [6, 6.07) is 7.87. The molecule has 0 radical (unpaired) electrons. The van der Waals surface area contributed by atoms with Crippen LogP contribution in [0.25, 0.3) is 0 Å². The van der Waals surface area contributed by atoms with Crippen LogP contribution >= 0.6 is 50.7 Å². The second-order valence-corrected chi connectivity index (χ2v) is 6.32. The Morgan fingerprint density at radius 1 is 1.10 bits per heavy atom. The molecule has 1 unspecified atom stereocenters. The maximum absolute atomic E-state index is 14.1. The van der Waals surface area contributed by atoms with Gasteiger partial charge in [0.15, 0.2) is 0 Å². The lowest BCUT2D eigenvalue weighted by Gasteiger charge is -2.16. The van der Waals surface area contributed by atoms with E-state index in [9.17, 15) is 4.39 Å². The molecule has 0 amide bonds. The van der Waals surface area contributed by atoms with Gasteiger partial charge in [0.05, 0.1) is 5.02 Å². The minimum Gasteiger partial charge on any atom is -0.324 e. The van der Waals surface area contributed by atoms with Crippen LogP contribution in [0.5, 0.6) is 0 Å². The van der Waals surface area contributed by atoms with Gasteiger partial charge in [-0.3, -0.25) is 0 Å². The first kappa shape index (κ1) is 16.1. The van der Waals surface area contributed by atoms with E-state index in [0.717, 1.165) is 0 Å². The van der Waals surface area contributed by atoms with Gasteiger partial charge in [0.1, 0.15) is 5.82 Å². The van der Waals surface area contributed by atoms with E-state index in [2.05, 4.69) is 15.9 Å². The summed E-state index contributed by atoms with van der Waals surface area (Å²) in [6.45, 7) is 0. The van der Waals surface area contributed by atoms with Gasteiger partial charge in [-0.05, 0) is 46.1 Å². The Morgan fingerprint density at radius 3 is 2.30 bits per heavy atom. The molecular formula is C14H10BrCl3FN. The van der Waals surface area contributed by atoms with Gasteiger partial charge in [-0.25, -0.2) is 4.39 Å². The van der Waals surface area contributed by atoms with Crippen molar-refractivity contribution in [2.75, 3.05) is 0 Å². The quantitative estimate of drug-likeness (QED) is 0.652. The largest absolute Gasteiger partial charge is 0.324 e. The van der Waals surface area contributed by atoms with Crippen molar-refractivity contribution in [1.29, 1.82) is 0 Å². The van der Waals surface area contributed by atoms with Crippen LogP contribution < -0.4 is 5.73 Å². The monoisotopic (exact) mass is 395 g/mol. The van der Waals surface area contributed by atoms with Gasteiger partial charge in [0, 0.05) is 26.1 Å². The average Bonchev–Trinajstić information content (AvgIpc) is 2.40. The molecular weight excluding hydrogens is 387 g/mol. The van der Waals surface area contributed by atoms with Crippen molar-refractivity contribution in [3.05, 3.63) is 66.8 Å². The fourth-order valence-electron chi connectivity index (χ4n) is 1.88. The highest BCUT2D eigenvalue weighted by Gasteiger charge is 2.18. The van der Waals surface area contributed by atoms with Crippen molar-refractivity contribution in [3.63, 3.8) is 0 Å². The van der Waals surface area contributed by atoms with Crippen LogP contribution in [-0.4, -0.2) is 0 Å². The molecule has 1 atom stereocenters. The zero-order chi connectivity index (χ0) is 14.9. The van der Waals surface area contributed by atoms with Crippen molar-refractivity contribution in [2.45, 2.75) is 12.5 Å². The van der Waals surface area contributed by atoms with E-state index in [1.165, 1.54) is 0 Å². The molecule has 6 heteroatoms. The molecule has 0 fully saturated rings. The summed E-state index contributed by atoms with van der Waals surface area (Å²) in [6.07, 6.45) is 0.327. The molecule has 0 aliphatic rings. The Hall–Kier alpha value is -0.320. The highest BCUT2D eigenvalue weighted by atomic mass is 79.9. The molecule has 0 spiro atoms. The number of benzene rings is 2. The lowest BCUT2D eigenvalue weighted by atomic mass is 9.99. The first-order valence-corrected chi connectivity index (χ1v) is 7.66. The summed E-state index contributed by atoms with van der Waals surface area (Å²) in [5.74, 6) is -0.531. The summed E-state index contributed by atoms with van der Waals surface area (Å²) < 4.78 is 14.6. The van der Waals surface area contributed by atoms with Crippen LogP contribution in [0.4, 0.5) is 4.39 Å². The number of rotatable bonds is 3. The predicted molar refractivity (Wildman–Crippen MR) is 86.2 cm³/mol. The lowest BCUT2D eigenvalue weighted by Crippen LogP contribution is -2.15. The van der Waals surface area contributed by atoms with Gasteiger partial charge in [0.2, 0.25) is 0 Å². The highest BCUT2D eigenvalue weighted by molar-refractivity contribution is 9.10. The molecule has 106 valence electrons. The Bertz CT molecular complexity index is 628. The Morgan fingerprint density at radius 2 is 1.70 bits per heavy atom. The Balaban J connectivity index is 2.34. The molecule has 0 aliphatic heterocycles. The number of nitrogens with two attached hydrogens (primary N) is 1. The third-order valence-corrected chi connectivity index (χ3v) is 4.92. The molecule has 20 heavy (non-hydrogen) atoms. The van der Waals surface area contributed by atoms with E-state index < -0.39 is 11.9 Å². The first-order valence-electron chi connectivity index (χ1n) is 5.73. The number of hydrogen-bond acceptors (Lipinski definition) is 1. The molecule has 0 bridgehead atoms. The van der Waals surface area contributed by atoms with Gasteiger partial charge >= 0.3 is 0 Å². The summed E-state index contributed by atoms with van der Waals surface area (Å²) in [5.41, 5.74) is 7.08.